The van der Waals surface area contributed by atoms with E-state index in [2.05, 4.69) is 4.42 Å². The molecule has 60 valence electrons. The minimum atomic E-state index is -4.32. The van der Waals surface area contributed by atoms with Gasteiger partial charge in [0, 0.05) is 6.07 Å². The van der Waals surface area contributed by atoms with E-state index in [0.717, 1.165) is 12.3 Å². The number of furan rings is 1. The summed E-state index contributed by atoms with van der Waals surface area (Å²) >= 11 is 0. The topological polar surface area (TPSA) is 84.6 Å². The van der Waals surface area contributed by atoms with E-state index < -0.39 is 15.2 Å². The number of hydrogen-bond donors (Lipinski definition) is 1. The van der Waals surface area contributed by atoms with Gasteiger partial charge in [-0.3, -0.25) is 9.35 Å². The summed E-state index contributed by atoms with van der Waals surface area (Å²) in [5, 5.41) is -0.625. The third kappa shape index (κ3) is 1.66. The molecule has 0 aliphatic carbocycles. The van der Waals surface area contributed by atoms with Crippen molar-refractivity contribution < 1.29 is 22.2 Å². The average Bonchev–Trinajstić information content (AvgIpc) is 2.32. The monoisotopic (exact) mass is 176 g/mol. The van der Waals surface area contributed by atoms with Crippen molar-refractivity contribution in [3.63, 3.8) is 0 Å². The van der Waals surface area contributed by atoms with E-state index in [9.17, 15) is 13.2 Å². The number of rotatable bonds is 2. The van der Waals surface area contributed by atoms with Crippen LogP contribution in [0, 0.1) is 0 Å². The van der Waals surface area contributed by atoms with Gasteiger partial charge in [-0.25, -0.2) is 0 Å². The van der Waals surface area contributed by atoms with E-state index in [-0.39, 0.29) is 5.56 Å². The van der Waals surface area contributed by atoms with E-state index >= 15 is 0 Å². The smallest absolute Gasteiger partial charge is 0.328 e. The zero-order valence-electron chi connectivity index (χ0n) is 5.22. The summed E-state index contributed by atoms with van der Waals surface area (Å²) < 4.78 is 33.3. The maximum Gasteiger partial charge on any atom is 0.328 e. The van der Waals surface area contributed by atoms with Gasteiger partial charge >= 0.3 is 10.1 Å². The molecule has 0 spiro atoms. The minimum Gasteiger partial charge on any atom is -0.450 e. The Morgan fingerprint density at radius 1 is 1.55 bits per heavy atom. The Morgan fingerprint density at radius 3 is 2.45 bits per heavy atom. The summed E-state index contributed by atoms with van der Waals surface area (Å²) in [6.45, 7) is 0. The lowest BCUT2D eigenvalue weighted by molar-refractivity contribution is 0.112. The summed E-state index contributed by atoms with van der Waals surface area (Å²) in [5.74, 6) is 0. The van der Waals surface area contributed by atoms with E-state index in [0.29, 0.717) is 6.29 Å². The molecule has 0 fully saturated rings. The molecule has 5 nitrogen and oxygen atoms in total. The van der Waals surface area contributed by atoms with Crippen LogP contribution in [0.5, 0.6) is 0 Å². The van der Waals surface area contributed by atoms with Gasteiger partial charge in [0.25, 0.3) is 0 Å². The lowest BCUT2D eigenvalue weighted by Gasteiger charge is -1.84. The molecule has 0 amide bonds. The van der Waals surface area contributed by atoms with Gasteiger partial charge < -0.3 is 4.42 Å². The van der Waals surface area contributed by atoms with Crippen molar-refractivity contribution in [2.24, 2.45) is 0 Å². The number of carbonyl (C=O) groups is 1. The molecule has 0 aliphatic heterocycles. The predicted octanol–water partition coefficient (Wildman–Crippen LogP) is 0.339. The first-order chi connectivity index (χ1) is 5.04. The number of hydrogen-bond acceptors (Lipinski definition) is 4. The maximum atomic E-state index is 10.3. The minimum absolute atomic E-state index is 0.0672. The second-order valence-electron chi connectivity index (χ2n) is 1.79. The normalized spacial score (nSPS) is 11.4. The van der Waals surface area contributed by atoms with E-state index in [1.807, 2.05) is 0 Å². The summed E-state index contributed by atoms with van der Waals surface area (Å²) in [5.41, 5.74) is 0.0672. The maximum absolute atomic E-state index is 10.3. The van der Waals surface area contributed by atoms with Crippen LogP contribution in [0.4, 0.5) is 0 Å². The van der Waals surface area contributed by atoms with Gasteiger partial charge in [-0.05, 0) is 0 Å². The Hall–Kier alpha value is -1.14. The number of aldehydes is 1. The van der Waals surface area contributed by atoms with Crippen LogP contribution in [0.25, 0.3) is 0 Å². The fourth-order valence-electron chi connectivity index (χ4n) is 0.527. The molecule has 1 aromatic heterocycles. The van der Waals surface area contributed by atoms with E-state index in [4.69, 9.17) is 4.55 Å². The third-order valence-electron chi connectivity index (χ3n) is 0.986. The van der Waals surface area contributed by atoms with Gasteiger partial charge in [-0.2, -0.15) is 8.42 Å². The molecule has 1 rings (SSSR count). The van der Waals surface area contributed by atoms with Gasteiger partial charge in [0.15, 0.2) is 6.29 Å². The molecule has 0 atom stereocenters. The van der Waals surface area contributed by atoms with Crippen LogP contribution in [0.3, 0.4) is 0 Å². The zero-order valence-corrected chi connectivity index (χ0v) is 6.04. The Labute approximate surface area is 62.4 Å². The van der Waals surface area contributed by atoms with Crippen LogP contribution in [-0.2, 0) is 10.1 Å². The Balaban J connectivity index is 3.18. The molecule has 1 heterocycles. The SMILES string of the molecule is O=Cc1coc(S(=O)(=O)O)c1. The molecule has 0 aromatic carbocycles. The van der Waals surface area contributed by atoms with Crippen LogP contribution in [0.1, 0.15) is 10.4 Å². The highest BCUT2D eigenvalue weighted by molar-refractivity contribution is 7.85. The highest BCUT2D eigenvalue weighted by Gasteiger charge is 2.14. The van der Waals surface area contributed by atoms with Crippen molar-refractivity contribution in [2.75, 3.05) is 0 Å². The predicted molar refractivity (Wildman–Crippen MR) is 33.9 cm³/mol. The van der Waals surface area contributed by atoms with Gasteiger partial charge in [-0.15, -0.1) is 0 Å². The van der Waals surface area contributed by atoms with Crippen molar-refractivity contribution in [2.45, 2.75) is 5.09 Å². The highest BCUT2D eigenvalue weighted by Crippen LogP contribution is 2.11. The van der Waals surface area contributed by atoms with Crippen LogP contribution >= 0.6 is 0 Å². The van der Waals surface area contributed by atoms with Crippen molar-refractivity contribution >= 4 is 16.4 Å². The van der Waals surface area contributed by atoms with Crippen LogP contribution in [0.15, 0.2) is 21.8 Å². The van der Waals surface area contributed by atoms with Crippen LogP contribution < -0.4 is 0 Å². The highest BCUT2D eigenvalue weighted by atomic mass is 32.2. The molecular formula is C5H4O5S. The third-order valence-corrected chi connectivity index (χ3v) is 1.71. The van der Waals surface area contributed by atoms with E-state index in [1.54, 1.807) is 0 Å². The second-order valence-corrected chi connectivity index (χ2v) is 3.14. The van der Waals surface area contributed by atoms with Gasteiger partial charge in [-0.1, -0.05) is 0 Å². The summed E-state index contributed by atoms with van der Waals surface area (Å²) in [6.07, 6.45) is 1.36. The Kier molecular flexibility index (Phi) is 1.79. The lowest BCUT2D eigenvalue weighted by atomic mass is 10.4. The zero-order chi connectivity index (χ0) is 8.48. The molecule has 0 saturated carbocycles. The molecule has 11 heavy (non-hydrogen) atoms. The summed E-state index contributed by atoms with van der Waals surface area (Å²) in [4.78, 5) is 10.0. The largest absolute Gasteiger partial charge is 0.450 e. The molecule has 0 radical (unpaired) electrons. The standard InChI is InChI=1S/C5H4O5S/c6-2-4-1-5(10-3-4)11(7,8)9/h1-3H,(H,7,8,9). The molecule has 0 saturated heterocycles. The molecule has 1 N–H and O–H groups in total. The second kappa shape index (κ2) is 2.48. The first-order valence-electron chi connectivity index (χ1n) is 2.55. The Morgan fingerprint density at radius 2 is 2.18 bits per heavy atom. The fraction of sp³-hybridized carbons (Fsp3) is 0. The van der Waals surface area contributed by atoms with Crippen molar-refractivity contribution in [3.05, 3.63) is 17.9 Å². The van der Waals surface area contributed by atoms with Gasteiger partial charge in [0.1, 0.15) is 6.26 Å². The summed E-state index contributed by atoms with van der Waals surface area (Å²) in [7, 11) is -4.32. The summed E-state index contributed by atoms with van der Waals surface area (Å²) in [6, 6.07) is 0.933. The van der Waals surface area contributed by atoms with Crippen LogP contribution in [-0.4, -0.2) is 19.3 Å². The first-order valence-corrected chi connectivity index (χ1v) is 3.99. The lowest BCUT2D eigenvalue weighted by Crippen LogP contribution is -1.94. The average molecular weight is 176 g/mol. The van der Waals surface area contributed by atoms with Crippen molar-refractivity contribution in [1.29, 1.82) is 0 Å². The van der Waals surface area contributed by atoms with Crippen LogP contribution in [0.2, 0.25) is 0 Å². The van der Waals surface area contributed by atoms with Gasteiger partial charge in [0.2, 0.25) is 5.09 Å². The van der Waals surface area contributed by atoms with Gasteiger partial charge in [0.05, 0.1) is 5.56 Å². The molecule has 1 aromatic rings. The van der Waals surface area contributed by atoms with E-state index in [1.165, 1.54) is 0 Å². The fourth-order valence-corrected chi connectivity index (χ4v) is 0.982. The molecule has 0 aliphatic rings. The quantitative estimate of drug-likeness (QED) is 0.518. The molecular weight excluding hydrogens is 172 g/mol. The first kappa shape index (κ1) is 7.96. The Bertz CT molecular complexity index is 360. The molecule has 0 bridgehead atoms. The molecule has 0 unspecified atom stereocenters. The van der Waals surface area contributed by atoms with Crippen molar-refractivity contribution in [3.8, 4) is 0 Å². The molecule has 6 heteroatoms. The number of carbonyl (C=O) groups excluding carboxylic acids is 1. The van der Waals surface area contributed by atoms with Crippen molar-refractivity contribution in [1.82, 2.24) is 0 Å².